The lowest BCUT2D eigenvalue weighted by Gasteiger charge is -2.12. The number of benzene rings is 1. The van der Waals surface area contributed by atoms with Crippen molar-refractivity contribution in [3.63, 3.8) is 0 Å². The second kappa shape index (κ2) is 5.74. The second-order valence-electron chi connectivity index (χ2n) is 4.08. The van der Waals surface area contributed by atoms with Crippen molar-refractivity contribution in [3.8, 4) is 5.69 Å². The van der Waals surface area contributed by atoms with E-state index in [1.165, 1.54) is 10.9 Å². The van der Waals surface area contributed by atoms with Crippen LogP contribution in [0.1, 0.15) is 10.5 Å². The summed E-state index contributed by atoms with van der Waals surface area (Å²) in [7, 11) is 0. The van der Waals surface area contributed by atoms with Crippen LogP contribution in [-0.2, 0) is 0 Å². The van der Waals surface area contributed by atoms with Gasteiger partial charge in [-0.1, -0.05) is 23.4 Å². The molecule has 1 heterocycles. The number of aromatic nitrogens is 3. The van der Waals surface area contributed by atoms with Crippen molar-refractivity contribution < 1.29 is 18.7 Å². The van der Waals surface area contributed by atoms with Gasteiger partial charge in [0.15, 0.2) is 5.69 Å². The molecule has 1 amide bonds. The van der Waals surface area contributed by atoms with Gasteiger partial charge in [-0.15, -0.1) is 5.10 Å². The number of alkyl halides is 2. The number of hydrogen-bond acceptors (Lipinski definition) is 4. The molecule has 1 aromatic heterocycles. The van der Waals surface area contributed by atoms with Gasteiger partial charge in [0.2, 0.25) is 0 Å². The summed E-state index contributed by atoms with van der Waals surface area (Å²) in [5.41, 5.74) is 0.613. The lowest BCUT2D eigenvalue weighted by molar-refractivity contribution is -0.0462. The van der Waals surface area contributed by atoms with Crippen LogP contribution >= 0.6 is 0 Å². The number of nitrogens with zero attached hydrogens (tertiary/aromatic N) is 3. The molecule has 0 aliphatic rings. The summed E-state index contributed by atoms with van der Waals surface area (Å²) < 4.78 is 26.9. The number of carbonyl (C=O) groups excluding carboxylic acids is 1. The Labute approximate surface area is 113 Å². The van der Waals surface area contributed by atoms with Crippen LogP contribution in [0.3, 0.4) is 0 Å². The molecule has 2 rings (SSSR count). The van der Waals surface area contributed by atoms with Crippen LogP contribution in [-0.4, -0.2) is 45.1 Å². The molecule has 0 aliphatic carbocycles. The molecule has 0 bridgehead atoms. The van der Waals surface area contributed by atoms with Crippen LogP contribution in [0.15, 0.2) is 36.5 Å². The molecule has 0 saturated heterocycles. The number of halogens is 2. The highest BCUT2D eigenvalue weighted by molar-refractivity contribution is 5.91. The van der Waals surface area contributed by atoms with Crippen LogP contribution in [0.25, 0.3) is 5.69 Å². The molecule has 2 N–H and O–H groups in total. The van der Waals surface area contributed by atoms with Gasteiger partial charge < -0.3 is 10.4 Å². The first-order valence-electron chi connectivity index (χ1n) is 5.76. The van der Waals surface area contributed by atoms with Crippen LogP contribution in [0.2, 0.25) is 0 Å². The molecule has 0 atom stereocenters. The van der Waals surface area contributed by atoms with E-state index in [9.17, 15) is 13.6 Å². The maximum absolute atomic E-state index is 12.8. The van der Waals surface area contributed by atoms with Gasteiger partial charge in [0.1, 0.15) is 6.61 Å². The van der Waals surface area contributed by atoms with Crippen molar-refractivity contribution in [1.29, 1.82) is 0 Å². The fraction of sp³-hybridized carbons (Fsp3) is 0.250. The Kier molecular flexibility index (Phi) is 4.04. The molecule has 0 fully saturated rings. The Morgan fingerprint density at radius 3 is 2.70 bits per heavy atom. The molecule has 0 saturated carbocycles. The third-order valence-corrected chi connectivity index (χ3v) is 2.49. The minimum Gasteiger partial charge on any atom is -0.390 e. The minimum atomic E-state index is -3.36. The smallest absolute Gasteiger partial charge is 0.287 e. The Morgan fingerprint density at radius 2 is 2.05 bits per heavy atom. The van der Waals surface area contributed by atoms with E-state index in [1.54, 1.807) is 24.3 Å². The monoisotopic (exact) mass is 282 g/mol. The Balaban J connectivity index is 2.04. The summed E-state index contributed by atoms with van der Waals surface area (Å²) in [6, 6.07) is 8.93. The number of carbonyl (C=O) groups is 1. The summed E-state index contributed by atoms with van der Waals surface area (Å²) in [4.78, 5) is 11.6. The van der Waals surface area contributed by atoms with Crippen LogP contribution in [0.5, 0.6) is 0 Å². The SMILES string of the molecule is O=C(NCC(F)(F)CO)c1cn(-c2ccccc2)nn1. The quantitative estimate of drug-likeness (QED) is 0.842. The number of hydrogen-bond donors (Lipinski definition) is 2. The summed E-state index contributed by atoms with van der Waals surface area (Å²) in [5, 5.41) is 17.7. The average Bonchev–Trinajstić information content (AvgIpc) is 2.96. The predicted molar refractivity (Wildman–Crippen MR) is 65.7 cm³/mol. The summed E-state index contributed by atoms with van der Waals surface area (Å²) >= 11 is 0. The van der Waals surface area contributed by atoms with Crippen molar-refractivity contribution in [1.82, 2.24) is 20.3 Å². The third kappa shape index (κ3) is 3.35. The molecular formula is C12H12F2N4O2. The number of para-hydroxylation sites is 1. The van der Waals surface area contributed by atoms with E-state index in [2.05, 4.69) is 10.3 Å². The molecule has 20 heavy (non-hydrogen) atoms. The molecule has 0 aliphatic heterocycles. The van der Waals surface area contributed by atoms with Gasteiger partial charge in [-0.3, -0.25) is 4.79 Å². The molecule has 106 valence electrons. The van der Waals surface area contributed by atoms with Gasteiger partial charge in [0, 0.05) is 0 Å². The van der Waals surface area contributed by atoms with Gasteiger partial charge in [-0.25, -0.2) is 13.5 Å². The standard InChI is InChI=1S/C12H12F2N4O2/c13-12(14,8-19)7-15-11(20)10-6-18(17-16-10)9-4-2-1-3-5-9/h1-6,19H,7-8H2,(H,15,20). The highest BCUT2D eigenvalue weighted by Crippen LogP contribution is 2.10. The van der Waals surface area contributed by atoms with Crippen LogP contribution in [0, 0.1) is 0 Å². The van der Waals surface area contributed by atoms with E-state index >= 15 is 0 Å². The minimum absolute atomic E-state index is 0.0809. The first kappa shape index (κ1) is 14.1. The molecule has 1 aromatic carbocycles. The highest BCUT2D eigenvalue weighted by atomic mass is 19.3. The Hall–Kier alpha value is -2.35. The van der Waals surface area contributed by atoms with Crippen molar-refractivity contribution in [2.75, 3.05) is 13.2 Å². The first-order chi connectivity index (χ1) is 9.52. The van der Waals surface area contributed by atoms with Crippen molar-refractivity contribution in [3.05, 3.63) is 42.2 Å². The molecule has 8 heteroatoms. The van der Waals surface area contributed by atoms with Crippen molar-refractivity contribution >= 4 is 5.91 Å². The van der Waals surface area contributed by atoms with E-state index < -0.39 is 25.0 Å². The van der Waals surface area contributed by atoms with E-state index in [1.807, 2.05) is 11.4 Å². The second-order valence-corrected chi connectivity index (χ2v) is 4.08. The summed E-state index contributed by atoms with van der Waals surface area (Å²) in [5.74, 6) is -4.13. The lowest BCUT2D eigenvalue weighted by atomic mass is 10.3. The van der Waals surface area contributed by atoms with Crippen LogP contribution in [0.4, 0.5) is 8.78 Å². The normalized spacial score (nSPS) is 11.3. The van der Waals surface area contributed by atoms with E-state index in [4.69, 9.17) is 5.11 Å². The molecule has 0 spiro atoms. The summed E-state index contributed by atoms with van der Waals surface area (Å²) in [6.45, 7) is -2.29. The van der Waals surface area contributed by atoms with Gasteiger partial charge in [-0.05, 0) is 12.1 Å². The van der Waals surface area contributed by atoms with Crippen molar-refractivity contribution in [2.24, 2.45) is 0 Å². The zero-order valence-corrected chi connectivity index (χ0v) is 10.3. The van der Waals surface area contributed by atoms with E-state index in [-0.39, 0.29) is 5.69 Å². The third-order valence-electron chi connectivity index (χ3n) is 2.49. The largest absolute Gasteiger partial charge is 0.390 e. The van der Waals surface area contributed by atoms with E-state index in [0.29, 0.717) is 5.69 Å². The van der Waals surface area contributed by atoms with Crippen LogP contribution < -0.4 is 5.32 Å². The number of aliphatic hydroxyl groups is 1. The van der Waals surface area contributed by atoms with Gasteiger partial charge in [0.05, 0.1) is 18.4 Å². The fourth-order valence-corrected chi connectivity index (χ4v) is 1.43. The predicted octanol–water partition coefficient (Wildman–Crippen LogP) is 0.625. The molecule has 2 aromatic rings. The number of nitrogens with one attached hydrogen (secondary N) is 1. The number of amides is 1. The molecule has 6 nitrogen and oxygen atoms in total. The topological polar surface area (TPSA) is 80.0 Å². The lowest BCUT2D eigenvalue weighted by Crippen LogP contribution is -2.39. The molecule has 0 unspecified atom stereocenters. The number of aliphatic hydroxyl groups excluding tert-OH is 1. The van der Waals surface area contributed by atoms with E-state index in [0.717, 1.165) is 0 Å². The maximum Gasteiger partial charge on any atom is 0.287 e. The zero-order chi connectivity index (χ0) is 14.6. The maximum atomic E-state index is 12.8. The van der Waals surface area contributed by atoms with Gasteiger partial charge in [-0.2, -0.15) is 0 Å². The highest BCUT2D eigenvalue weighted by Gasteiger charge is 2.28. The number of rotatable bonds is 5. The summed E-state index contributed by atoms with van der Waals surface area (Å²) in [6.07, 6.45) is 1.34. The van der Waals surface area contributed by atoms with Crippen molar-refractivity contribution in [2.45, 2.75) is 5.92 Å². The molecule has 0 radical (unpaired) electrons. The van der Waals surface area contributed by atoms with Gasteiger partial charge in [0.25, 0.3) is 11.8 Å². The fourth-order valence-electron chi connectivity index (χ4n) is 1.43. The Bertz CT molecular complexity index is 586. The average molecular weight is 282 g/mol. The zero-order valence-electron chi connectivity index (χ0n) is 10.3. The first-order valence-corrected chi connectivity index (χ1v) is 5.76. The molecular weight excluding hydrogens is 270 g/mol. The van der Waals surface area contributed by atoms with Gasteiger partial charge >= 0.3 is 0 Å². The Morgan fingerprint density at radius 1 is 1.35 bits per heavy atom.